The van der Waals surface area contributed by atoms with Gasteiger partial charge in [0.15, 0.2) is 0 Å². The Labute approximate surface area is 125 Å². The first-order valence-electron chi connectivity index (χ1n) is 7.50. The van der Waals surface area contributed by atoms with Gasteiger partial charge >= 0.3 is 5.97 Å². The molecule has 1 fully saturated rings. The van der Waals surface area contributed by atoms with Crippen molar-refractivity contribution >= 4 is 17.8 Å². The molecule has 1 rings (SSSR count). The van der Waals surface area contributed by atoms with Crippen LogP contribution in [-0.4, -0.2) is 46.9 Å². The third-order valence-corrected chi connectivity index (χ3v) is 4.46. The predicted molar refractivity (Wildman–Crippen MR) is 78.6 cm³/mol. The lowest BCUT2D eigenvalue weighted by atomic mass is 9.76. The van der Waals surface area contributed by atoms with Crippen LogP contribution in [0, 0.1) is 11.3 Å². The molecule has 1 heterocycles. The number of rotatable bonds is 6. The molecular formula is C15H26N2O4. The number of nitrogens with zero attached hydrogens (tertiary/aromatic N) is 1. The number of amides is 2. The molecule has 2 amide bonds. The summed E-state index contributed by atoms with van der Waals surface area (Å²) >= 11 is 0. The van der Waals surface area contributed by atoms with E-state index in [9.17, 15) is 19.5 Å². The van der Waals surface area contributed by atoms with Gasteiger partial charge in [-0.2, -0.15) is 0 Å². The minimum atomic E-state index is -1.12. The lowest BCUT2D eigenvalue weighted by molar-refractivity contribution is -0.153. The molecule has 0 aromatic carbocycles. The van der Waals surface area contributed by atoms with Crippen LogP contribution in [-0.2, 0) is 14.4 Å². The Kier molecular flexibility index (Phi) is 5.75. The highest BCUT2D eigenvalue weighted by molar-refractivity contribution is 5.90. The summed E-state index contributed by atoms with van der Waals surface area (Å²) in [7, 11) is 0. The lowest BCUT2D eigenvalue weighted by Gasteiger charge is -2.29. The van der Waals surface area contributed by atoms with Crippen LogP contribution in [0.4, 0.5) is 0 Å². The highest BCUT2D eigenvalue weighted by atomic mass is 16.4. The van der Waals surface area contributed by atoms with Gasteiger partial charge in [-0.05, 0) is 32.6 Å². The molecule has 1 aliphatic rings. The highest BCUT2D eigenvalue weighted by Gasteiger charge is 2.39. The molecule has 0 radical (unpaired) electrons. The summed E-state index contributed by atoms with van der Waals surface area (Å²) in [5.41, 5.74) is -1.12. The molecule has 6 nitrogen and oxygen atoms in total. The van der Waals surface area contributed by atoms with Gasteiger partial charge in [-0.25, -0.2) is 0 Å². The second-order valence-corrected chi connectivity index (χ2v) is 6.38. The van der Waals surface area contributed by atoms with E-state index in [1.54, 1.807) is 32.6 Å². The Morgan fingerprint density at radius 2 is 1.71 bits per heavy atom. The third kappa shape index (κ3) is 4.19. The first-order chi connectivity index (χ1) is 9.68. The van der Waals surface area contributed by atoms with E-state index in [1.807, 2.05) is 0 Å². The standard InChI is InChI=1S/C15H26N2O4/c1-10(2)15(4,14(20)21)9-12(18)16-11(3)13(19)17-7-5-6-8-17/h10-11H,5-9H2,1-4H3,(H,16,18)(H,20,21). The maximum atomic E-state index is 12.1. The fourth-order valence-electron chi connectivity index (χ4n) is 2.43. The first kappa shape index (κ1) is 17.5. The molecule has 1 aliphatic heterocycles. The summed E-state index contributed by atoms with van der Waals surface area (Å²) in [5, 5.41) is 11.9. The van der Waals surface area contributed by atoms with E-state index in [0.29, 0.717) is 0 Å². The summed E-state index contributed by atoms with van der Waals surface area (Å²) < 4.78 is 0. The van der Waals surface area contributed by atoms with Crippen LogP contribution < -0.4 is 5.32 Å². The third-order valence-electron chi connectivity index (χ3n) is 4.46. The molecule has 2 atom stereocenters. The van der Waals surface area contributed by atoms with Crippen LogP contribution in [0.25, 0.3) is 0 Å². The fraction of sp³-hybridized carbons (Fsp3) is 0.800. The molecule has 120 valence electrons. The maximum Gasteiger partial charge on any atom is 0.310 e. The van der Waals surface area contributed by atoms with Gasteiger partial charge in [-0.1, -0.05) is 13.8 Å². The van der Waals surface area contributed by atoms with Gasteiger partial charge in [0.25, 0.3) is 0 Å². The summed E-state index contributed by atoms with van der Waals surface area (Å²) in [5.74, 6) is -1.66. The van der Waals surface area contributed by atoms with Crippen molar-refractivity contribution < 1.29 is 19.5 Å². The number of hydrogen-bond donors (Lipinski definition) is 2. The van der Waals surface area contributed by atoms with E-state index in [-0.39, 0.29) is 18.2 Å². The summed E-state index contributed by atoms with van der Waals surface area (Å²) in [6.45, 7) is 8.23. The number of hydrogen-bond acceptors (Lipinski definition) is 3. The van der Waals surface area contributed by atoms with Gasteiger partial charge in [0.1, 0.15) is 6.04 Å². The maximum absolute atomic E-state index is 12.1. The molecule has 2 N–H and O–H groups in total. The van der Waals surface area contributed by atoms with Gasteiger partial charge in [0.2, 0.25) is 11.8 Å². The molecule has 21 heavy (non-hydrogen) atoms. The van der Waals surface area contributed by atoms with Crippen molar-refractivity contribution in [1.82, 2.24) is 10.2 Å². The van der Waals surface area contributed by atoms with Crippen molar-refractivity contribution in [3.63, 3.8) is 0 Å². The Morgan fingerprint density at radius 3 is 2.14 bits per heavy atom. The van der Waals surface area contributed by atoms with Crippen molar-refractivity contribution in [3.05, 3.63) is 0 Å². The van der Waals surface area contributed by atoms with E-state index in [2.05, 4.69) is 5.32 Å². The molecule has 0 aliphatic carbocycles. The summed E-state index contributed by atoms with van der Waals surface area (Å²) in [6, 6.07) is -0.610. The second kappa shape index (κ2) is 6.91. The van der Waals surface area contributed by atoms with Gasteiger partial charge in [-0.3, -0.25) is 14.4 Å². The van der Waals surface area contributed by atoms with E-state index < -0.39 is 23.3 Å². The highest BCUT2D eigenvalue weighted by Crippen LogP contribution is 2.31. The topological polar surface area (TPSA) is 86.7 Å². The summed E-state index contributed by atoms with van der Waals surface area (Å²) in [4.78, 5) is 37.3. The smallest absolute Gasteiger partial charge is 0.310 e. The quantitative estimate of drug-likeness (QED) is 0.772. The van der Waals surface area contributed by atoms with Gasteiger partial charge in [0.05, 0.1) is 5.41 Å². The average molecular weight is 298 g/mol. The van der Waals surface area contributed by atoms with Crippen molar-refractivity contribution in [1.29, 1.82) is 0 Å². The number of carbonyl (C=O) groups excluding carboxylic acids is 2. The molecule has 1 saturated heterocycles. The Bertz CT molecular complexity index is 416. The van der Waals surface area contributed by atoms with Crippen LogP contribution >= 0.6 is 0 Å². The number of likely N-dealkylation sites (tertiary alicyclic amines) is 1. The second-order valence-electron chi connectivity index (χ2n) is 6.38. The van der Waals surface area contributed by atoms with Crippen molar-refractivity contribution in [2.75, 3.05) is 13.1 Å². The first-order valence-corrected chi connectivity index (χ1v) is 7.50. The Balaban J connectivity index is 2.59. The molecule has 0 saturated carbocycles. The van der Waals surface area contributed by atoms with Crippen LogP contribution in [0.2, 0.25) is 0 Å². The number of carboxylic acids is 1. The van der Waals surface area contributed by atoms with Crippen LogP contribution in [0.3, 0.4) is 0 Å². The minimum Gasteiger partial charge on any atom is -0.481 e. The van der Waals surface area contributed by atoms with Gasteiger partial charge in [0, 0.05) is 19.5 Å². The molecule has 6 heteroatoms. The van der Waals surface area contributed by atoms with E-state index in [1.165, 1.54) is 0 Å². The lowest BCUT2D eigenvalue weighted by Crippen LogP contribution is -2.48. The predicted octanol–water partition coefficient (Wildman–Crippen LogP) is 1.25. The molecule has 0 aromatic rings. The molecule has 0 bridgehead atoms. The number of carbonyl (C=O) groups is 3. The van der Waals surface area contributed by atoms with Gasteiger partial charge < -0.3 is 15.3 Å². The van der Waals surface area contributed by atoms with Crippen molar-refractivity contribution in [2.45, 2.75) is 53.0 Å². The SMILES string of the molecule is CC(NC(=O)CC(C)(C(=O)O)C(C)C)C(=O)N1CCCC1. The Morgan fingerprint density at radius 1 is 1.19 bits per heavy atom. The van der Waals surface area contributed by atoms with Gasteiger partial charge in [-0.15, -0.1) is 0 Å². The normalized spacial score (nSPS) is 19.2. The number of nitrogens with one attached hydrogen (secondary N) is 1. The van der Waals surface area contributed by atoms with Crippen molar-refractivity contribution in [3.8, 4) is 0 Å². The minimum absolute atomic E-state index is 0.0950. The molecule has 0 spiro atoms. The van der Waals surface area contributed by atoms with E-state index in [0.717, 1.165) is 25.9 Å². The zero-order valence-electron chi connectivity index (χ0n) is 13.3. The number of carboxylic acid groups (broad SMARTS) is 1. The zero-order chi connectivity index (χ0) is 16.2. The molecule has 2 unspecified atom stereocenters. The summed E-state index contributed by atoms with van der Waals surface area (Å²) in [6.07, 6.45) is 1.87. The van der Waals surface area contributed by atoms with Crippen LogP contribution in [0.1, 0.15) is 47.0 Å². The molecule has 0 aromatic heterocycles. The van der Waals surface area contributed by atoms with E-state index >= 15 is 0 Å². The average Bonchev–Trinajstić information content (AvgIpc) is 2.90. The van der Waals surface area contributed by atoms with Crippen LogP contribution in [0.5, 0.6) is 0 Å². The van der Waals surface area contributed by atoms with Crippen LogP contribution in [0.15, 0.2) is 0 Å². The monoisotopic (exact) mass is 298 g/mol. The van der Waals surface area contributed by atoms with Crippen molar-refractivity contribution in [2.24, 2.45) is 11.3 Å². The Hall–Kier alpha value is -1.59. The zero-order valence-corrected chi connectivity index (χ0v) is 13.3. The largest absolute Gasteiger partial charge is 0.481 e. The molecular weight excluding hydrogens is 272 g/mol. The van der Waals surface area contributed by atoms with E-state index in [4.69, 9.17) is 0 Å². The fourth-order valence-corrected chi connectivity index (χ4v) is 2.43. The number of aliphatic carboxylic acids is 1.